The lowest BCUT2D eigenvalue weighted by molar-refractivity contribution is -0.115. The molecule has 2 aliphatic rings. The van der Waals surface area contributed by atoms with Crippen molar-refractivity contribution in [2.75, 3.05) is 18.4 Å². The summed E-state index contributed by atoms with van der Waals surface area (Å²) in [4.78, 5) is 17.3. The summed E-state index contributed by atoms with van der Waals surface area (Å²) in [6.45, 7) is 3.03. The Labute approximate surface area is 184 Å². The molecule has 8 heteroatoms. The van der Waals surface area contributed by atoms with Crippen molar-refractivity contribution in [2.45, 2.75) is 55.7 Å². The lowest BCUT2D eigenvalue weighted by atomic mass is 9.88. The van der Waals surface area contributed by atoms with E-state index in [4.69, 9.17) is 5.14 Å². The summed E-state index contributed by atoms with van der Waals surface area (Å²) >= 11 is 4.31. The number of nitrogens with two attached hydrogens (primary N) is 1. The van der Waals surface area contributed by atoms with Crippen LogP contribution in [0, 0.1) is 17.2 Å². The van der Waals surface area contributed by atoms with Crippen LogP contribution in [-0.4, -0.2) is 23.9 Å². The Morgan fingerprint density at radius 3 is 2.86 bits per heavy atom. The summed E-state index contributed by atoms with van der Waals surface area (Å²) in [5, 5.41) is 19.1. The molecule has 1 aliphatic carbocycles. The lowest BCUT2D eigenvalue weighted by Gasteiger charge is -2.32. The number of thiophene rings is 2. The van der Waals surface area contributed by atoms with Gasteiger partial charge >= 0.3 is 0 Å². The van der Waals surface area contributed by atoms with Gasteiger partial charge in [0.1, 0.15) is 11.1 Å². The number of amides is 1. The van der Waals surface area contributed by atoms with E-state index in [1.54, 1.807) is 11.3 Å². The van der Waals surface area contributed by atoms with Crippen molar-refractivity contribution in [1.82, 2.24) is 4.90 Å². The monoisotopic (exact) mass is 446 g/mol. The van der Waals surface area contributed by atoms with Crippen LogP contribution in [0.1, 0.15) is 53.0 Å². The van der Waals surface area contributed by atoms with Gasteiger partial charge in [-0.25, -0.2) is 0 Å². The fraction of sp³-hybridized carbons (Fsp3) is 0.524. The van der Waals surface area contributed by atoms with Crippen molar-refractivity contribution >= 4 is 45.5 Å². The third kappa shape index (κ3) is 5.04. The first-order valence-corrected chi connectivity index (χ1v) is 12.7. The molecule has 1 fully saturated rings. The average Bonchev–Trinajstić information content (AvgIpc) is 3.32. The third-order valence-corrected chi connectivity index (χ3v) is 8.82. The fourth-order valence-electron chi connectivity index (χ4n) is 4.39. The van der Waals surface area contributed by atoms with Gasteiger partial charge in [0.05, 0.1) is 16.2 Å². The molecule has 0 unspecified atom stereocenters. The molecular weight excluding hydrogens is 420 g/mol. The highest BCUT2D eigenvalue weighted by Crippen LogP contribution is 2.37. The second-order valence-electron chi connectivity index (χ2n) is 7.87. The molecule has 0 atom stereocenters. The maximum Gasteiger partial charge on any atom is 0.230 e. The quantitative estimate of drug-likeness (QED) is 0.625. The number of fused-ring (bicyclic) bond motifs is 1. The van der Waals surface area contributed by atoms with E-state index in [2.05, 4.69) is 16.3 Å². The smallest absolute Gasteiger partial charge is 0.230 e. The van der Waals surface area contributed by atoms with Crippen LogP contribution in [0.15, 0.2) is 16.3 Å². The molecular formula is C21H26N4OS3. The van der Waals surface area contributed by atoms with Crippen molar-refractivity contribution in [1.29, 1.82) is 5.26 Å². The molecule has 1 saturated carbocycles. The third-order valence-electron chi connectivity index (χ3n) is 5.82. The molecule has 0 saturated heterocycles. The number of nitriles is 1. The number of nitrogens with zero attached hydrogens (tertiary/aromatic N) is 2. The zero-order chi connectivity index (χ0) is 20.2. The van der Waals surface area contributed by atoms with E-state index in [-0.39, 0.29) is 5.91 Å². The summed E-state index contributed by atoms with van der Waals surface area (Å²) in [7, 11) is 0. The number of anilines is 1. The predicted molar refractivity (Wildman–Crippen MR) is 121 cm³/mol. The van der Waals surface area contributed by atoms with E-state index in [9.17, 15) is 10.1 Å². The summed E-state index contributed by atoms with van der Waals surface area (Å²) in [6.07, 6.45) is 8.06. The van der Waals surface area contributed by atoms with Gasteiger partial charge in [0.2, 0.25) is 5.91 Å². The Kier molecular flexibility index (Phi) is 6.93. The van der Waals surface area contributed by atoms with Crippen LogP contribution in [0.25, 0.3) is 0 Å². The molecule has 0 bridgehead atoms. The molecule has 3 heterocycles. The van der Waals surface area contributed by atoms with Crippen LogP contribution in [0.2, 0.25) is 0 Å². The van der Waals surface area contributed by atoms with Crippen LogP contribution in [0.5, 0.6) is 0 Å². The molecule has 154 valence electrons. The van der Waals surface area contributed by atoms with Gasteiger partial charge < -0.3 is 5.32 Å². The average molecular weight is 447 g/mol. The van der Waals surface area contributed by atoms with Crippen molar-refractivity contribution in [3.05, 3.63) is 33.0 Å². The summed E-state index contributed by atoms with van der Waals surface area (Å²) in [6, 6.07) is 6.23. The minimum Gasteiger partial charge on any atom is -0.316 e. The Morgan fingerprint density at radius 1 is 1.31 bits per heavy atom. The molecule has 1 amide bonds. The Morgan fingerprint density at radius 2 is 2.14 bits per heavy atom. The van der Waals surface area contributed by atoms with Crippen molar-refractivity contribution in [3.63, 3.8) is 0 Å². The SMILES string of the molecule is N#Cc1c(NC(=O)Cc2ccc(SN)s2)sc2c1CN(CC1CCCCC1)CC2. The number of hydrogen-bond donors (Lipinski definition) is 2. The standard InChI is InChI=1S/C21H26N4OS3/c22-11-16-17-13-25(12-14-4-2-1-3-5-14)9-8-18(17)28-21(16)24-19(26)10-15-6-7-20(27-15)29-23/h6-7,14H,1-5,8-10,12-13,23H2,(H,24,26). The van der Waals surface area contributed by atoms with Gasteiger partial charge in [-0.1, -0.05) is 19.3 Å². The highest BCUT2D eigenvalue weighted by atomic mass is 32.2. The predicted octanol–water partition coefficient (Wildman–Crippen LogP) is 4.77. The number of carbonyl (C=O) groups is 1. The van der Waals surface area contributed by atoms with Gasteiger partial charge in [0, 0.05) is 35.0 Å². The molecule has 2 aromatic rings. The highest BCUT2D eigenvalue weighted by molar-refractivity contribution is 7.99. The van der Waals surface area contributed by atoms with Gasteiger partial charge in [0.25, 0.3) is 0 Å². The van der Waals surface area contributed by atoms with E-state index in [0.29, 0.717) is 17.0 Å². The van der Waals surface area contributed by atoms with Crippen LogP contribution in [0.3, 0.4) is 0 Å². The van der Waals surface area contributed by atoms with E-state index in [1.165, 1.54) is 60.3 Å². The molecule has 2 aromatic heterocycles. The molecule has 29 heavy (non-hydrogen) atoms. The number of nitrogens with one attached hydrogen (secondary N) is 1. The molecule has 0 spiro atoms. The van der Waals surface area contributed by atoms with E-state index >= 15 is 0 Å². The Bertz CT molecular complexity index is 908. The maximum absolute atomic E-state index is 12.5. The van der Waals surface area contributed by atoms with Gasteiger partial charge in [-0.15, -0.1) is 22.7 Å². The first kappa shape index (κ1) is 20.9. The van der Waals surface area contributed by atoms with Crippen molar-refractivity contribution < 1.29 is 4.79 Å². The molecule has 1 aliphatic heterocycles. The van der Waals surface area contributed by atoms with E-state index in [0.717, 1.165) is 46.6 Å². The zero-order valence-electron chi connectivity index (χ0n) is 16.4. The normalized spacial score (nSPS) is 17.7. The zero-order valence-corrected chi connectivity index (χ0v) is 18.9. The summed E-state index contributed by atoms with van der Waals surface area (Å²) < 4.78 is 0.996. The van der Waals surface area contributed by atoms with E-state index in [1.807, 2.05) is 12.1 Å². The first-order valence-electron chi connectivity index (χ1n) is 10.2. The van der Waals surface area contributed by atoms with Crippen LogP contribution >= 0.6 is 34.6 Å². The molecule has 5 nitrogen and oxygen atoms in total. The molecule has 3 N–H and O–H groups in total. The molecule has 0 aromatic carbocycles. The number of hydrogen-bond acceptors (Lipinski definition) is 7. The van der Waals surface area contributed by atoms with Gasteiger partial charge in [-0.2, -0.15) is 5.26 Å². The molecule has 4 rings (SSSR count). The number of rotatable bonds is 6. The van der Waals surface area contributed by atoms with Crippen LogP contribution in [0.4, 0.5) is 5.00 Å². The second kappa shape index (κ2) is 9.63. The van der Waals surface area contributed by atoms with Gasteiger partial charge in [-0.3, -0.25) is 14.8 Å². The van der Waals surface area contributed by atoms with E-state index < -0.39 is 0 Å². The van der Waals surface area contributed by atoms with Gasteiger partial charge in [-0.05, 0) is 49.3 Å². The largest absolute Gasteiger partial charge is 0.316 e. The molecule has 0 radical (unpaired) electrons. The summed E-state index contributed by atoms with van der Waals surface area (Å²) in [5.41, 5.74) is 1.80. The highest BCUT2D eigenvalue weighted by Gasteiger charge is 2.27. The number of carbonyl (C=O) groups excluding carboxylic acids is 1. The van der Waals surface area contributed by atoms with Gasteiger partial charge in [0.15, 0.2) is 0 Å². The Hall–Kier alpha value is -1.37. The minimum absolute atomic E-state index is 0.0745. The first-order chi connectivity index (χ1) is 14.2. The topological polar surface area (TPSA) is 82.1 Å². The second-order valence-corrected chi connectivity index (χ2v) is 11.1. The minimum atomic E-state index is -0.0745. The maximum atomic E-state index is 12.5. The fourth-order valence-corrected chi connectivity index (χ4v) is 6.95. The van der Waals surface area contributed by atoms with Crippen LogP contribution < -0.4 is 10.5 Å². The Balaban J connectivity index is 1.42. The lowest BCUT2D eigenvalue weighted by Crippen LogP contribution is -2.34. The summed E-state index contributed by atoms with van der Waals surface area (Å²) in [5.74, 6) is 0.727. The van der Waals surface area contributed by atoms with Crippen molar-refractivity contribution in [2.24, 2.45) is 11.1 Å². The van der Waals surface area contributed by atoms with Crippen LogP contribution in [-0.2, 0) is 24.2 Å². The van der Waals surface area contributed by atoms with Crippen molar-refractivity contribution in [3.8, 4) is 6.07 Å².